The first kappa shape index (κ1) is 15.1. The number of nitrogens with one attached hydrogen (secondary N) is 1. The highest BCUT2D eigenvalue weighted by atomic mass is 19.1. The van der Waals surface area contributed by atoms with Gasteiger partial charge in [0.15, 0.2) is 0 Å². The summed E-state index contributed by atoms with van der Waals surface area (Å²) in [6.45, 7) is 4.31. The van der Waals surface area contributed by atoms with Gasteiger partial charge < -0.3 is 0 Å². The van der Waals surface area contributed by atoms with Crippen LogP contribution in [0.4, 0.5) is 8.78 Å². The van der Waals surface area contributed by atoms with E-state index in [0.29, 0.717) is 5.92 Å². The van der Waals surface area contributed by atoms with Crippen LogP contribution < -0.4 is 11.3 Å². The summed E-state index contributed by atoms with van der Waals surface area (Å²) in [7, 11) is 0. The minimum absolute atomic E-state index is 0.0878. The van der Waals surface area contributed by atoms with Gasteiger partial charge in [0.1, 0.15) is 11.6 Å². The predicted octanol–water partition coefficient (Wildman–Crippen LogP) is 3.17. The SMILES string of the molecule is CC(C)CCCC(Cc1c(F)cccc1F)NN. The second-order valence-electron chi connectivity index (χ2n) is 5.09. The molecule has 1 atom stereocenters. The van der Waals surface area contributed by atoms with Gasteiger partial charge in [-0.15, -0.1) is 0 Å². The Labute approximate surface area is 108 Å². The van der Waals surface area contributed by atoms with Crippen LogP contribution in [0.15, 0.2) is 18.2 Å². The first-order valence-electron chi connectivity index (χ1n) is 6.43. The number of benzene rings is 1. The maximum absolute atomic E-state index is 13.5. The standard InChI is InChI=1S/C14H22F2N2/c1-10(2)5-3-6-11(18-17)9-12-13(15)7-4-8-14(12)16/h4,7-8,10-11,18H,3,5-6,9,17H2,1-2H3. The number of nitrogens with two attached hydrogens (primary N) is 1. The maximum Gasteiger partial charge on any atom is 0.129 e. The van der Waals surface area contributed by atoms with E-state index in [1.54, 1.807) is 0 Å². The van der Waals surface area contributed by atoms with Crippen molar-refractivity contribution in [1.29, 1.82) is 0 Å². The molecular formula is C14H22F2N2. The van der Waals surface area contributed by atoms with Gasteiger partial charge in [0.25, 0.3) is 0 Å². The van der Waals surface area contributed by atoms with Gasteiger partial charge in [-0.05, 0) is 30.9 Å². The molecule has 2 nitrogen and oxygen atoms in total. The van der Waals surface area contributed by atoms with Crippen molar-refractivity contribution >= 4 is 0 Å². The molecule has 0 fully saturated rings. The minimum atomic E-state index is -0.501. The zero-order valence-electron chi connectivity index (χ0n) is 11.0. The van der Waals surface area contributed by atoms with Crippen LogP contribution in [0.5, 0.6) is 0 Å². The zero-order chi connectivity index (χ0) is 13.5. The van der Waals surface area contributed by atoms with Crippen LogP contribution in [0, 0.1) is 17.6 Å². The molecule has 0 aliphatic carbocycles. The van der Waals surface area contributed by atoms with Crippen LogP contribution in [0.2, 0.25) is 0 Å². The number of hydrogen-bond acceptors (Lipinski definition) is 2. The molecule has 0 heterocycles. The molecule has 1 unspecified atom stereocenters. The highest BCUT2D eigenvalue weighted by Crippen LogP contribution is 2.17. The summed E-state index contributed by atoms with van der Waals surface area (Å²) in [5.74, 6) is 5.07. The van der Waals surface area contributed by atoms with Crippen LogP contribution in [-0.4, -0.2) is 6.04 Å². The van der Waals surface area contributed by atoms with Gasteiger partial charge in [-0.25, -0.2) is 8.78 Å². The average molecular weight is 256 g/mol. The van der Waals surface area contributed by atoms with E-state index in [1.165, 1.54) is 18.2 Å². The van der Waals surface area contributed by atoms with Crippen LogP contribution in [0.3, 0.4) is 0 Å². The van der Waals surface area contributed by atoms with Crippen LogP contribution in [0.1, 0.15) is 38.7 Å². The largest absolute Gasteiger partial charge is 0.271 e. The van der Waals surface area contributed by atoms with E-state index in [4.69, 9.17) is 5.84 Å². The highest BCUT2D eigenvalue weighted by molar-refractivity contribution is 5.20. The lowest BCUT2D eigenvalue weighted by Crippen LogP contribution is -2.37. The average Bonchev–Trinajstić information content (AvgIpc) is 2.31. The molecule has 102 valence electrons. The first-order chi connectivity index (χ1) is 8.54. The third-order valence-electron chi connectivity index (χ3n) is 3.08. The molecule has 4 heteroatoms. The first-order valence-corrected chi connectivity index (χ1v) is 6.43. The summed E-state index contributed by atoms with van der Waals surface area (Å²) < 4.78 is 27.0. The van der Waals surface area contributed by atoms with Crippen molar-refractivity contribution in [3.8, 4) is 0 Å². The summed E-state index contributed by atoms with van der Waals surface area (Å²) in [5, 5.41) is 0. The van der Waals surface area contributed by atoms with Crippen LogP contribution in [-0.2, 0) is 6.42 Å². The van der Waals surface area contributed by atoms with Crippen molar-refractivity contribution in [3.05, 3.63) is 35.4 Å². The van der Waals surface area contributed by atoms with E-state index in [1.807, 2.05) is 0 Å². The molecule has 0 aliphatic heterocycles. The summed E-state index contributed by atoms with van der Waals surface area (Å²) in [6.07, 6.45) is 3.20. The van der Waals surface area contributed by atoms with E-state index in [0.717, 1.165) is 19.3 Å². The molecule has 1 aromatic carbocycles. The molecule has 0 saturated heterocycles. The van der Waals surface area contributed by atoms with Gasteiger partial charge in [0.2, 0.25) is 0 Å². The monoisotopic (exact) mass is 256 g/mol. The summed E-state index contributed by atoms with van der Waals surface area (Å²) in [5.41, 5.74) is 2.76. The van der Waals surface area contributed by atoms with Gasteiger partial charge in [0, 0.05) is 11.6 Å². The van der Waals surface area contributed by atoms with E-state index < -0.39 is 11.6 Å². The van der Waals surface area contributed by atoms with Crippen molar-refractivity contribution in [1.82, 2.24) is 5.43 Å². The fourth-order valence-corrected chi connectivity index (χ4v) is 1.99. The summed E-state index contributed by atoms with van der Waals surface area (Å²) in [4.78, 5) is 0. The molecule has 3 N–H and O–H groups in total. The topological polar surface area (TPSA) is 38.0 Å². The quantitative estimate of drug-likeness (QED) is 0.581. The minimum Gasteiger partial charge on any atom is -0.271 e. The third-order valence-corrected chi connectivity index (χ3v) is 3.08. The van der Waals surface area contributed by atoms with Crippen molar-refractivity contribution in [2.45, 2.75) is 45.6 Å². The second-order valence-corrected chi connectivity index (χ2v) is 5.09. The van der Waals surface area contributed by atoms with Gasteiger partial charge in [-0.2, -0.15) is 0 Å². The molecule has 0 spiro atoms. The van der Waals surface area contributed by atoms with E-state index in [2.05, 4.69) is 19.3 Å². The molecule has 0 radical (unpaired) electrons. The van der Waals surface area contributed by atoms with E-state index >= 15 is 0 Å². The molecule has 0 aliphatic rings. The molecule has 0 bridgehead atoms. The maximum atomic E-state index is 13.5. The highest BCUT2D eigenvalue weighted by Gasteiger charge is 2.14. The number of hydrazine groups is 1. The Bertz CT molecular complexity index is 347. The molecular weight excluding hydrogens is 234 g/mol. The Morgan fingerprint density at radius 3 is 2.28 bits per heavy atom. The van der Waals surface area contributed by atoms with Gasteiger partial charge >= 0.3 is 0 Å². The normalized spacial score (nSPS) is 13.0. The lowest BCUT2D eigenvalue weighted by atomic mass is 9.98. The Balaban J connectivity index is 2.57. The fourth-order valence-electron chi connectivity index (χ4n) is 1.99. The fraction of sp³-hybridized carbons (Fsp3) is 0.571. The Morgan fingerprint density at radius 2 is 1.78 bits per heavy atom. The smallest absolute Gasteiger partial charge is 0.129 e. The van der Waals surface area contributed by atoms with Gasteiger partial charge in [-0.3, -0.25) is 11.3 Å². The Kier molecular flexibility index (Phi) is 6.22. The number of rotatable bonds is 7. The molecule has 0 saturated carbocycles. The summed E-state index contributed by atoms with van der Waals surface area (Å²) >= 11 is 0. The molecule has 0 aromatic heterocycles. The third kappa shape index (κ3) is 4.70. The van der Waals surface area contributed by atoms with E-state index in [-0.39, 0.29) is 18.0 Å². The van der Waals surface area contributed by atoms with Crippen LogP contribution in [0.25, 0.3) is 0 Å². The predicted molar refractivity (Wildman–Crippen MR) is 69.9 cm³/mol. The number of halogens is 2. The van der Waals surface area contributed by atoms with E-state index in [9.17, 15) is 8.78 Å². The van der Waals surface area contributed by atoms with Gasteiger partial charge in [-0.1, -0.05) is 32.8 Å². The van der Waals surface area contributed by atoms with Crippen LogP contribution >= 0.6 is 0 Å². The lowest BCUT2D eigenvalue weighted by Gasteiger charge is -2.17. The molecule has 1 rings (SSSR count). The van der Waals surface area contributed by atoms with Crippen molar-refractivity contribution < 1.29 is 8.78 Å². The second kappa shape index (κ2) is 7.44. The summed E-state index contributed by atoms with van der Waals surface area (Å²) in [6, 6.07) is 3.84. The Hall–Kier alpha value is -1.00. The van der Waals surface area contributed by atoms with Crippen molar-refractivity contribution in [2.75, 3.05) is 0 Å². The molecule has 0 amide bonds. The zero-order valence-corrected chi connectivity index (χ0v) is 11.0. The molecule has 1 aromatic rings. The van der Waals surface area contributed by atoms with Crippen molar-refractivity contribution in [3.63, 3.8) is 0 Å². The van der Waals surface area contributed by atoms with Gasteiger partial charge in [0.05, 0.1) is 0 Å². The lowest BCUT2D eigenvalue weighted by molar-refractivity contribution is 0.428. The van der Waals surface area contributed by atoms with Crippen molar-refractivity contribution in [2.24, 2.45) is 11.8 Å². The molecule has 18 heavy (non-hydrogen) atoms. The Morgan fingerprint density at radius 1 is 1.17 bits per heavy atom. The number of hydrogen-bond donors (Lipinski definition) is 2.